The number of aryl methyl sites for hydroxylation is 1. The van der Waals surface area contributed by atoms with Crippen LogP contribution in [0, 0.1) is 12.8 Å². The Morgan fingerprint density at radius 2 is 2.24 bits per heavy atom. The minimum atomic E-state index is 0.745. The Morgan fingerprint density at radius 1 is 1.35 bits per heavy atom. The Hall–Kier alpha value is -1.02. The van der Waals surface area contributed by atoms with Gasteiger partial charge < -0.3 is 10.6 Å². The van der Waals surface area contributed by atoms with E-state index in [1.807, 2.05) is 0 Å². The van der Waals surface area contributed by atoms with Crippen LogP contribution in [-0.2, 0) is 6.42 Å². The predicted molar refractivity (Wildman–Crippen MR) is 72.4 cm³/mol. The van der Waals surface area contributed by atoms with Crippen LogP contribution in [0.5, 0.6) is 0 Å². The maximum Gasteiger partial charge on any atom is 0.0371 e. The highest BCUT2D eigenvalue weighted by atomic mass is 15.2. The van der Waals surface area contributed by atoms with Crippen molar-refractivity contribution in [2.75, 3.05) is 18.0 Å². The van der Waals surface area contributed by atoms with Gasteiger partial charge in [0.05, 0.1) is 0 Å². The monoisotopic (exact) mass is 230 g/mol. The summed E-state index contributed by atoms with van der Waals surface area (Å²) in [5.74, 6) is 0.962. The van der Waals surface area contributed by atoms with E-state index in [9.17, 15) is 0 Å². The molecule has 0 aromatic heterocycles. The van der Waals surface area contributed by atoms with E-state index in [0.29, 0.717) is 0 Å². The first-order valence-electron chi connectivity index (χ1n) is 6.84. The van der Waals surface area contributed by atoms with Crippen molar-refractivity contribution >= 4 is 5.69 Å². The quantitative estimate of drug-likeness (QED) is 0.864. The van der Waals surface area contributed by atoms with E-state index < -0.39 is 0 Å². The molecule has 1 aliphatic heterocycles. The first-order chi connectivity index (χ1) is 8.28. The third kappa shape index (κ3) is 1.95. The largest absolute Gasteiger partial charge is 0.368 e. The lowest BCUT2D eigenvalue weighted by Crippen LogP contribution is -2.31. The number of hydrogen-bond donors (Lipinski definition) is 1. The molecule has 17 heavy (non-hydrogen) atoms. The maximum absolute atomic E-state index is 5.63. The number of hydrogen-bond acceptors (Lipinski definition) is 2. The van der Waals surface area contributed by atoms with Crippen LogP contribution in [0.4, 0.5) is 5.69 Å². The second kappa shape index (κ2) is 4.34. The summed E-state index contributed by atoms with van der Waals surface area (Å²) < 4.78 is 0. The summed E-state index contributed by atoms with van der Waals surface area (Å²) in [4.78, 5) is 2.62. The first kappa shape index (κ1) is 11.1. The molecular formula is C15H22N2. The molecule has 0 spiro atoms. The van der Waals surface area contributed by atoms with Gasteiger partial charge in [0.15, 0.2) is 0 Å². The molecule has 2 nitrogen and oxygen atoms in total. The van der Waals surface area contributed by atoms with E-state index in [4.69, 9.17) is 5.73 Å². The van der Waals surface area contributed by atoms with Crippen LogP contribution >= 0.6 is 0 Å². The number of fused-ring (bicyclic) bond motifs is 2. The fraction of sp³-hybridized carbons (Fsp3) is 0.600. The summed E-state index contributed by atoms with van der Waals surface area (Å²) >= 11 is 0. The lowest BCUT2D eigenvalue weighted by molar-refractivity contribution is 0.553. The third-order valence-corrected chi connectivity index (χ3v) is 4.48. The fourth-order valence-electron chi connectivity index (χ4n) is 3.54. The fourth-order valence-corrected chi connectivity index (χ4v) is 3.54. The van der Waals surface area contributed by atoms with Gasteiger partial charge in [-0.2, -0.15) is 0 Å². The highest BCUT2D eigenvalue weighted by Gasteiger charge is 2.37. The molecule has 3 rings (SSSR count). The minimum absolute atomic E-state index is 0.745. The Bertz CT molecular complexity index is 413. The van der Waals surface area contributed by atoms with Crippen LogP contribution in [0.15, 0.2) is 18.2 Å². The average Bonchev–Trinajstić information content (AvgIpc) is 2.94. The molecule has 2 fully saturated rings. The summed E-state index contributed by atoms with van der Waals surface area (Å²) in [7, 11) is 0. The van der Waals surface area contributed by atoms with Crippen molar-refractivity contribution in [3.63, 3.8) is 0 Å². The molecular weight excluding hydrogens is 208 g/mol. The molecule has 1 aromatic carbocycles. The molecule has 2 heteroatoms. The third-order valence-electron chi connectivity index (χ3n) is 4.48. The molecule has 2 bridgehead atoms. The number of nitrogens with two attached hydrogens (primary N) is 1. The maximum atomic E-state index is 5.63. The summed E-state index contributed by atoms with van der Waals surface area (Å²) in [5.41, 5.74) is 9.86. The van der Waals surface area contributed by atoms with Crippen molar-refractivity contribution in [3.8, 4) is 0 Å². The van der Waals surface area contributed by atoms with Gasteiger partial charge in [-0.3, -0.25) is 0 Å². The summed E-state index contributed by atoms with van der Waals surface area (Å²) in [6.07, 6.45) is 5.27. The van der Waals surface area contributed by atoms with Crippen LogP contribution in [-0.4, -0.2) is 19.1 Å². The lowest BCUT2D eigenvalue weighted by atomic mass is 10.0. The van der Waals surface area contributed by atoms with Crippen LogP contribution in [0.3, 0.4) is 0 Å². The Kier molecular flexibility index (Phi) is 2.83. The van der Waals surface area contributed by atoms with E-state index in [-0.39, 0.29) is 0 Å². The van der Waals surface area contributed by atoms with Gasteiger partial charge in [-0.25, -0.2) is 0 Å². The zero-order valence-corrected chi connectivity index (χ0v) is 10.7. The second-order valence-electron chi connectivity index (χ2n) is 5.63. The number of piperidine rings is 1. The SMILES string of the molecule is Cc1cc(N2CC3CCC2C3)ccc1CCN. The van der Waals surface area contributed by atoms with Gasteiger partial charge in [0.2, 0.25) is 0 Å². The topological polar surface area (TPSA) is 29.3 Å². The minimum Gasteiger partial charge on any atom is -0.368 e. The van der Waals surface area contributed by atoms with Crippen LogP contribution in [0.1, 0.15) is 30.4 Å². The van der Waals surface area contributed by atoms with Crippen LogP contribution in [0.2, 0.25) is 0 Å². The van der Waals surface area contributed by atoms with Crippen LogP contribution in [0.25, 0.3) is 0 Å². The van der Waals surface area contributed by atoms with Crippen molar-refractivity contribution in [3.05, 3.63) is 29.3 Å². The lowest BCUT2D eigenvalue weighted by Gasteiger charge is -2.29. The molecule has 1 aliphatic carbocycles. The van der Waals surface area contributed by atoms with E-state index in [0.717, 1.165) is 24.9 Å². The molecule has 0 amide bonds. The van der Waals surface area contributed by atoms with E-state index in [2.05, 4.69) is 30.0 Å². The van der Waals surface area contributed by atoms with Gasteiger partial charge in [0.25, 0.3) is 0 Å². The van der Waals surface area contributed by atoms with Crippen molar-refractivity contribution < 1.29 is 0 Å². The molecule has 2 N–H and O–H groups in total. The molecule has 1 heterocycles. The first-order valence-corrected chi connectivity index (χ1v) is 6.84. The predicted octanol–water partition coefficient (Wildman–Crippen LogP) is 2.48. The molecule has 1 saturated carbocycles. The van der Waals surface area contributed by atoms with Crippen LogP contribution < -0.4 is 10.6 Å². The van der Waals surface area contributed by atoms with Gasteiger partial charge in [0, 0.05) is 18.3 Å². The zero-order chi connectivity index (χ0) is 11.8. The summed E-state index contributed by atoms with van der Waals surface area (Å²) in [6, 6.07) is 7.73. The van der Waals surface area contributed by atoms with Gasteiger partial charge in [-0.15, -0.1) is 0 Å². The Balaban J connectivity index is 1.82. The highest BCUT2D eigenvalue weighted by molar-refractivity contribution is 5.53. The summed E-state index contributed by atoms with van der Waals surface area (Å²) in [6.45, 7) is 4.23. The van der Waals surface area contributed by atoms with Gasteiger partial charge in [-0.1, -0.05) is 6.07 Å². The molecule has 1 aromatic rings. The smallest absolute Gasteiger partial charge is 0.0371 e. The van der Waals surface area contributed by atoms with E-state index in [1.165, 1.54) is 42.6 Å². The Morgan fingerprint density at radius 3 is 2.82 bits per heavy atom. The molecule has 2 aliphatic rings. The molecule has 92 valence electrons. The van der Waals surface area contributed by atoms with Gasteiger partial charge in [-0.05, 0) is 68.3 Å². The van der Waals surface area contributed by atoms with Crippen molar-refractivity contribution in [1.29, 1.82) is 0 Å². The average molecular weight is 230 g/mol. The molecule has 1 saturated heterocycles. The van der Waals surface area contributed by atoms with Crippen molar-refractivity contribution in [1.82, 2.24) is 0 Å². The number of anilines is 1. The van der Waals surface area contributed by atoms with Gasteiger partial charge >= 0.3 is 0 Å². The zero-order valence-electron chi connectivity index (χ0n) is 10.7. The van der Waals surface area contributed by atoms with Crippen molar-refractivity contribution in [2.45, 2.75) is 38.6 Å². The number of nitrogens with zero attached hydrogens (tertiary/aromatic N) is 1. The molecule has 0 radical (unpaired) electrons. The van der Waals surface area contributed by atoms with E-state index in [1.54, 1.807) is 0 Å². The number of rotatable bonds is 3. The number of benzene rings is 1. The molecule has 2 unspecified atom stereocenters. The van der Waals surface area contributed by atoms with Gasteiger partial charge in [0.1, 0.15) is 0 Å². The second-order valence-corrected chi connectivity index (χ2v) is 5.63. The molecule has 2 atom stereocenters. The normalized spacial score (nSPS) is 26.8. The summed E-state index contributed by atoms with van der Waals surface area (Å²) in [5, 5.41) is 0. The highest BCUT2D eigenvalue weighted by Crippen LogP contribution is 2.40. The Labute approximate surface area is 104 Å². The van der Waals surface area contributed by atoms with Crippen molar-refractivity contribution in [2.24, 2.45) is 11.7 Å². The standard InChI is InChI=1S/C15H22N2/c1-11-8-14(5-3-13(11)6-7-16)17-10-12-2-4-15(17)9-12/h3,5,8,12,15H,2,4,6-7,9-10,16H2,1H3. The van der Waals surface area contributed by atoms with E-state index >= 15 is 0 Å².